The third-order valence-electron chi connectivity index (χ3n) is 2.74. The monoisotopic (exact) mass is 248 g/mol. The lowest BCUT2D eigenvalue weighted by Gasteiger charge is -2.12. The van der Waals surface area contributed by atoms with Gasteiger partial charge in [0.25, 0.3) is 0 Å². The van der Waals surface area contributed by atoms with Crippen molar-refractivity contribution in [3.8, 4) is 0 Å². The van der Waals surface area contributed by atoms with Gasteiger partial charge in [0.1, 0.15) is 0 Å². The molecule has 1 unspecified atom stereocenters. The zero-order valence-electron chi connectivity index (χ0n) is 10.1. The average molecular weight is 248 g/mol. The molecule has 4 heteroatoms. The summed E-state index contributed by atoms with van der Waals surface area (Å²) in [6.45, 7) is 3.78. The largest absolute Gasteiger partial charge is 0.388 e. The van der Waals surface area contributed by atoms with Crippen LogP contribution in [0.25, 0.3) is 0 Å². The highest BCUT2D eigenvalue weighted by molar-refractivity contribution is 7.09. The Kier molecular flexibility index (Phi) is 3.86. The molecule has 1 N–H and O–H groups in total. The molecular weight excluding hydrogens is 232 g/mol. The first kappa shape index (κ1) is 12.2. The number of nitrogens with zero attached hydrogens (tertiary/aromatic N) is 2. The third kappa shape index (κ3) is 3.11. The Labute approximate surface area is 105 Å². The predicted molar refractivity (Wildman–Crippen MR) is 69.1 cm³/mol. The number of aliphatic hydroxyl groups excluding tert-OH is 1. The second kappa shape index (κ2) is 5.38. The van der Waals surface area contributed by atoms with Gasteiger partial charge in [-0.3, -0.25) is 0 Å². The number of thiophene rings is 1. The number of rotatable bonds is 4. The number of hydrogen-bond acceptors (Lipinski definition) is 4. The predicted octanol–water partition coefficient (Wildman–Crippen LogP) is 2.82. The molecule has 0 saturated heterocycles. The van der Waals surface area contributed by atoms with Gasteiger partial charge in [0.2, 0.25) is 0 Å². The summed E-state index contributed by atoms with van der Waals surface area (Å²) in [5, 5.41) is 20.2. The van der Waals surface area contributed by atoms with Gasteiger partial charge >= 0.3 is 0 Å². The van der Waals surface area contributed by atoms with Gasteiger partial charge in [0, 0.05) is 10.4 Å². The van der Waals surface area contributed by atoms with Crippen molar-refractivity contribution in [2.24, 2.45) is 0 Å². The molecule has 90 valence electrons. The Morgan fingerprint density at radius 3 is 2.88 bits per heavy atom. The van der Waals surface area contributed by atoms with E-state index in [1.807, 2.05) is 26.0 Å². The smallest absolute Gasteiger partial charge is 0.0812 e. The van der Waals surface area contributed by atoms with Crippen molar-refractivity contribution in [1.29, 1.82) is 0 Å². The van der Waals surface area contributed by atoms with Crippen LogP contribution in [0, 0.1) is 13.8 Å². The first-order valence-electron chi connectivity index (χ1n) is 5.68. The second-order valence-electron chi connectivity index (χ2n) is 4.16. The maximum absolute atomic E-state index is 10.2. The van der Waals surface area contributed by atoms with Crippen molar-refractivity contribution >= 4 is 11.3 Å². The van der Waals surface area contributed by atoms with E-state index in [2.05, 4.69) is 21.6 Å². The average Bonchev–Trinajstić information content (AvgIpc) is 2.82. The lowest BCUT2D eigenvalue weighted by atomic mass is 10.0. The van der Waals surface area contributed by atoms with Crippen LogP contribution in [0.5, 0.6) is 0 Å². The summed E-state index contributed by atoms with van der Waals surface area (Å²) in [5.74, 6) is 0. The normalized spacial score (nSPS) is 12.6. The fourth-order valence-electron chi connectivity index (χ4n) is 1.80. The van der Waals surface area contributed by atoms with Crippen LogP contribution in [0.15, 0.2) is 23.6 Å². The van der Waals surface area contributed by atoms with Gasteiger partial charge in [0.05, 0.1) is 17.5 Å². The standard InChI is InChI=1S/C13H16N2OS/c1-9-8-12(10(2)15-14-9)13(16)6-5-11-4-3-7-17-11/h3-4,7-8,13,16H,5-6H2,1-2H3. The molecule has 0 saturated carbocycles. The Bertz CT molecular complexity index is 482. The molecule has 2 heterocycles. The Morgan fingerprint density at radius 2 is 2.18 bits per heavy atom. The van der Waals surface area contributed by atoms with Gasteiger partial charge in [-0.25, -0.2) is 0 Å². The molecule has 1 atom stereocenters. The fraction of sp³-hybridized carbons (Fsp3) is 0.385. The van der Waals surface area contributed by atoms with E-state index in [1.54, 1.807) is 11.3 Å². The van der Waals surface area contributed by atoms with Crippen molar-refractivity contribution < 1.29 is 5.11 Å². The van der Waals surface area contributed by atoms with Crippen molar-refractivity contribution in [2.45, 2.75) is 32.8 Å². The number of aryl methyl sites for hydroxylation is 3. The minimum Gasteiger partial charge on any atom is -0.388 e. The van der Waals surface area contributed by atoms with Crippen molar-refractivity contribution in [3.05, 3.63) is 45.4 Å². The molecule has 0 fully saturated rings. The highest BCUT2D eigenvalue weighted by atomic mass is 32.1. The number of aliphatic hydroxyl groups is 1. The molecule has 0 bridgehead atoms. The van der Waals surface area contributed by atoms with Crippen LogP contribution in [-0.2, 0) is 6.42 Å². The van der Waals surface area contributed by atoms with E-state index in [0.717, 1.165) is 29.8 Å². The topological polar surface area (TPSA) is 46.0 Å². The number of hydrogen-bond donors (Lipinski definition) is 1. The maximum Gasteiger partial charge on any atom is 0.0812 e. The summed E-state index contributed by atoms with van der Waals surface area (Å²) in [6.07, 6.45) is 1.18. The van der Waals surface area contributed by atoms with Gasteiger partial charge < -0.3 is 5.11 Å². The first-order chi connectivity index (χ1) is 8.16. The van der Waals surface area contributed by atoms with E-state index in [9.17, 15) is 5.11 Å². The molecular formula is C13H16N2OS. The molecule has 2 rings (SSSR count). The van der Waals surface area contributed by atoms with Crippen molar-refractivity contribution in [2.75, 3.05) is 0 Å². The molecule has 0 aliphatic rings. The summed E-state index contributed by atoms with van der Waals surface area (Å²) < 4.78 is 0. The van der Waals surface area contributed by atoms with E-state index in [1.165, 1.54) is 4.88 Å². The van der Waals surface area contributed by atoms with Crippen molar-refractivity contribution in [3.63, 3.8) is 0 Å². The molecule has 0 aliphatic carbocycles. The van der Waals surface area contributed by atoms with Crippen LogP contribution in [-0.4, -0.2) is 15.3 Å². The lowest BCUT2D eigenvalue weighted by molar-refractivity contribution is 0.166. The Morgan fingerprint density at radius 1 is 1.35 bits per heavy atom. The zero-order valence-corrected chi connectivity index (χ0v) is 10.9. The molecule has 0 spiro atoms. The van der Waals surface area contributed by atoms with Crippen molar-refractivity contribution in [1.82, 2.24) is 10.2 Å². The van der Waals surface area contributed by atoms with Gasteiger partial charge in [-0.1, -0.05) is 6.07 Å². The molecule has 0 amide bonds. The summed E-state index contributed by atoms with van der Waals surface area (Å²) in [6, 6.07) is 6.05. The van der Waals surface area contributed by atoms with E-state index in [4.69, 9.17) is 0 Å². The molecule has 0 aromatic carbocycles. The number of aromatic nitrogens is 2. The molecule has 17 heavy (non-hydrogen) atoms. The van der Waals surface area contributed by atoms with Crippen LogP contribution in [0.3, 0.4) is 0 Å². The van der Waals surface area contributed by atoms with Gasteiger partial charge in [-0.05, 0) is 44.2 Å². The van der Waals surface area contributed by atoms with Gasteiger partial charge in [-0.2, -0.15) is 10.2 Å². The van der Waals surface area contributed by atoms with E-state index < -0.39 is 6.10 Å². The Hall–Kier alpha value is -1.26. The van der Waals surface area contributed by atoms with E-state index in [-0.39, 0.29) is 0 Å². The van der Waals surface area contributed by atoms with Crippen LogP contribution in [0.4, 0.5) is 0 Å². The zero-order chi connectivity index (χ0) is 12.3. The summed E-state index contributed by atoms with van der Waals surface area (Å²) in [7, 11) is 0. The minimum absolute atomic E-state index is 0.453. The molecule has 2 aromatic rings. The molecule has 3 nitrogen and oxygen atoms in total. The van der Waals surface area contributed by atoms with Crippen LogP contribution < -0.4 is 0 Å². The second-order valence-corrected chi connectivity index (χ2v) is 5.19. The molecule has 0 aliphatic heterocycles. The highest BCUT2D eigenvalue weighted by Gasteiger charge is 2.12. The minimum atomic E-state index is -0.453. The summed E-state index contributed by atoms with van der Waals surface area (Å²) in [5.41, 5.74) is 2.56. The summed E-state index contributed by atoms with van der Waals surface area (Å²) >= 11 is 1.73. The van der Waals surface area contributed by atoms with E-state index in [0.29, 0.717) is 0 Å². The van der Waals surface area contributed by atoms with Crippen LogP contribution >= 0.6 is 11.3 Å². The fourth-order valence-corrected chi connectivity index (χ4v) is 2.52. The Balaban J connectivity index is 2.04. The first-order valence-corrected chi connectivity index (χ1v) is 6.56. The molecule has 2 aromatic heterocycles. The molecule has 0 radical (unpaired) electrons. The SMILES string of the molecule is Cc1cc(C(O)CCc2cccs2)c(C)nn1. The maximum atomic E-state index is 10.2. The van der Waals surface area contributed by atoms with E-state index >= 15 is 0 Å². The third-order valence-corrected chi connectivity index (χ3v) is 3.68. The van der Waals surface area contributed by atoms with Gasteiger partial charge in [0.15, 0.2) is 0 Å². The lowest BCUT2D eigenvalue weighted by Crippen LogP contribution is -2.05. The van der Waals surface area contributed by atoms with Crippen LogP contribution in [0.1, 0.15) is 34.4 Å². The van der Waals surface area contributed by atoms with Crippen LogP contribution in [0.2, 0.25) is 0 Å². The summed E-state index contributed by atoms with van der Waals surface area (Å²) in [4.78, 5) is 1.31. The highest BCUT2D eigenvalue weighted by Crippen LogP contribution is 2.22. The van der Waals surface area contributed by atoms with Gasteiger partial charge in [-0.15, -0.1) is 11.3 Å². The quantitative estimate of drug-likeness (QED) is 0.905.